The van der Waals surface area contributed by atoms with E-state index in [0.29, 0.717) is 6.54 Å². The van der Waals surface area contributed by atoms with Crippen molar-refractivity contribution < 1.29 is 23.0 Å². The van der Waals surface area contributed by atoms with Crippen molar-refractivity contribution in [3.05, 3.63) is 0 Å². The fraction of sp³-hybridized carbons (Fsp3) is 0.909. The predicted molar refractivity (Wildman–Crippen MR) is 55.9 cm³/mol. The number of halogens is 2. The normalized spacial score (nSPS) is 29.8. The van der Waals surface area contributed by atoms with Crippen LogP contribution < -0.4 is 5.32 Å². The average Bonchev–Trinajstić information content (AvgIpc) is 2.45. The first-order valence-corrected chi connectivity index (χ1v) is 5.82. The van der Waals surface area contributed by atoms with Crippen LogP contribution in [0.25, 0.3) is 0 Å². The van der Waals surface area contributed by atoms with Gasteiger partial charge in [-0.25, -0.2) is 4.79 Å². The van der Waals surface area contributed by atoms with Gasteiger partial charge in [-0.05, 0) is 19.3 Å². The number of alkyl halides is 2. The lowest BCUT2D eigenvalue weighted by atomic mass is 9.80. The Balaban J connectivity index is 1.71. The van der Waals surface area contributed by atoms with E-state index in [0.717, 1.165) is 19.3 Å². The second kappa shape index (κ2) is 4.49. The lowest BCUT2D eigenvalue weighted by molar-refractivity contribution is -0.159. The second-order valence-electron chi connectivity index (χ2n) is 4.81. The molecule has 4 nitrogen and oxygen atoms in total. The Kier molecular flexibility index (Phi) is 3.36. The minimum absolute atomic E-state index is 0.148. The topological polar surface area (TPSA) is 47.6 Å². The molecule has 2 aliphatic rings. The molecule has 1 aliphatic heterocycles. The Morgan fingerprint density at radius 3 is 2.65 bits per heavy atom. The number of hydrogen-bond donors (Lipinski definition) is 1. The molecule has 0 aromatic rings. The van der Waals surface area contributed by atoms with Crippen molar-refractivity contribution in [3.63, 3.8) is 0 Å². The highest BCUT2D eigenvalue weighted by Crippen LogP contribution is 2.34. The quantitative estimate of drug-likeness (QED) is 0.741. The number of hydrogen-bond acceptors (Lipinski definition) is 4. The van der Waals surface area contributed by atoms with Crippen LogP contribution in [0.1, 0.15) is 25.7 Å². The van der Waals surface area contributed by atoms with E-state index in [2.05, 4.69) is 10.1 Å². The van der Waals surface area contributed by atoms with Gasteiger partial charge < -0.3 is 14.8 Å². The van der Waals surface area contributed by atoms with Crippen molar-refractivity contribution in [2.45, 2.75) is 43.3 Å². The molecule has 17 heavy (non-hydrogen) atoms. The summed E-state index contributed by atoms with van der Waals surface area (Å²) in [5.41, 5.74) is -0.148. The molecule has 0 amide bonds. The molecule has 1 N–H and O–H groups in total. The van der Waals surface area contributed by atoms with Crippen LogP contribution >= 0.6 is 0 Å². The van der Waals surface area contributed by atoms with Crippen LogP contribution in [0.15, 0.2) is 0 Å². The van der Waals surface area contributed by atoms with Crippen molar-refractivity contribution in [2.75, 3.05) is 20.2 Å². The number of esters is 1. The van der Waals surface area contributed by atoms with Gasteiger partial charge in [0.15, 0.2) is 0 Å². The zero-order valence-electron chi connectivity index (χ0n) is 9.80. The summed E-state index contributed by atoms with van der Waals surface area (Å²) in [5.74, 6) is -4.73. The van der Waals surface area contributed by atoms with E-state index in [1.54, 1.807) is 7.11 Å². The number of rotatable bonds is 5. The molecule has 0 aromatic heterocycles. The van der Waals surface area contributed by atoms with Crippen LogP contribution in [0.3, 0.4) is 0 Å². The number of ether oxygens (including phenoxy) is 2. The zero-order chi connectivity index (χ0) is 12.5. The van der Waals surface area contributed by atoms with Gasteiger partial charge in [-0.3, -0.25) is 0 Å². The Morgan fingerprint density at radius 2 is 2.24 bits per heavy atom. The molecule has 1 saturated carbocycles. The van der Waals surface area contributed by atoms with Gasteiger partial charge in [0.05, 0.1) is 12.0 Å². The highest BCUT2D eigenvalue weighted by atomic mass is 19.3. The van der Waals surface area contributed by atoms with Crippen LogP contribution in [0.4, 0.5) is 8.78 Å². The summed E-state index contributed by atoms with van der Waals surface area (Å²) in [6.07, 6.45) is 1.84. The molecule has 1 heterocycles. The molecule has 1 aliphatic carbocycles. The first-order valence-electron chi connectivity index (χ1n) is 5.82. The van der Waals surface area contributed by atoms with Gasteiger partial charge in [0.2, 0.25) is 0 Å². The molecule has 6 heteroatoms. The van der Waals surface area contributed by atoms with Gasteiger partial charge in [0.1, 0.15) is 6.10 Å². The molecule has 2 fully saturated rings. The third-order valence-corrected chi connectivity index (χ3v) is 3.57. The predicted octanol–water partition coefficient (Wildman–Crippen LogP) is 1.10. The lowest BCUT2D eigenvalue weighted by Crippen LogP contribution is -2.49. The van der Waals surface area contributed by atoms with Crippen molar-refractivity contribution in [1.29, 1.82) is 0 Å². The molecule has 0 bridgehead atoms. The number of cyclic esters (lactones) is 1. The molecule has 98 valence electrons. The van der Waals surface area contributed by atoms with Crippen LogP contribution in [-0.2, 0) is 14.3 Å². The Hall–Kier alpha value is -0.750. The summed E-state index contributed by atoms with van der Waals surface area (Å²) in [6, 6.07) is 0. The first-order chi connectivity index (χ1) is 7.97. The second-order valence-corrected chi connectivity index (χ2v) is 4.81. The molecule has 0 spiro atoms. The third-order valence-electron chi connectivity index (χ3n) is 3.57. The highest BCUT2D eigenvalue weighted by Gasteiger charge is 2.50. The summed E-state index contributed by atoms with van der Waals surface area (Å²) < 4.78 is 35.7. The Labute approximate surface area is 98.6 Å². The SMILES string of the molecule is COC1(CNCC2CC(F)(F)C(=O)O2)CCC1. The zero-order valence-corrected chi connectivity index (χ0v) is 9.80. The summed E-state index contributed by atoms with van der Waals surface area (Å²) >= 11 is 0. The van der Waals surface area contributed by atoms with Crippen molar-refractivity contribution >= 4 is 5.97 Å². The average molecular weight is 249 g/mol. The number of methoxy groups -OCH3 is 1. The van der Waals surface area contributed by atoms with Crippen LogP contribution in [0.2, 0.25) is 0 Å². The molecular formula is C11H17F2NO3. The highest BCUT2D eigenvalue weighted by molar-refractivity contribution is 5.79. The van der Waals surface area contributed by atoms with Crippen molar-refractivity contribution in [2.24, 2.45) is 0 Å². The molecular weight excluding hydrogens is 232 g/mol. The van der Waals surface area contributed by atoms with Gasteiger partial charge >= 0.3 is 11.9 Å². The summed E-state index contributed by atoms with van der Waals surface area (Å²) in [6.45, 7) is 0.871. The molecule has 1 unspecified atom stereocenters. The van der Waals surface area contributed by atoms with E-state index in [1.165, 1.54) is 0 Å². The molecule has 1 saturated heterocycles. The van der Waals surface area contributed by atoms with Gasteiger partial charge in [0.25, 0.3) is 0 Å². The van der Waals surface area contributed by atoms with Crippen LogP contribution in [0, 0.1) is 0 Å². The van der Waals surface area contributed by atoms with Gasteiger partial charge in [-0.2, -0.15) is 8.78 Å². The largest absolute Gasteiger partial charge is 0.456 e. The van der Waals surface area contributed by atoms with Gasteiger partial charge in [-0.1, -0.05) is 0 Å². The van der Waals surface area contributed by atoms with Crippen LogP contribution in [0.5, 0.6) is 0 Å². The maximum Gasteiger partial charge on any atom is 0.377 e. The number of carbonyl (C=O) groups excluding carboxylic acids is 1. The van der Waals surface area contributed by atoms with Crippen molar-refractivity contribution in [3.8, 4) is 0 Å². The summed E-state index contributed by atoms with van der Waals surface area (Å²) in [7, 11) is 1.66. The van der Waals surface area contributed by atoms with E-state index in [1.807, 2.05) is 0 Å². The summed E-state index contributed by atoms with van der Waals surface area (Å²) in [5, 5.41) is 3.04. The minimum Gasteiger partial charge on any atom is -0.456 e. The van der Waals surface area contributed by atoms with E-state index < -0.39 is 24.4 Å². The van der Waals surface area contributed by atoms with E-state index in [4.69, 9.17) is 4.74 Å². The third kappa shape index (κ3) is 2.57. The Morgan fingerprint density at radius 1 is 1.53 bits per heavy atom. The smallest absolute Gasteiger partial charge is 0.377 e. The molecule has 0 radical (unpaired) electrons. The van der Waals surface area contributed by atoms with E-state index in [-0.39, 0.29) is 12.1 Å². The fourth-order valence-electron chi connectivity index (χ4n) is 2.25. The lowest BCUT2D eigenvalue weighted by Gasteiger charge is -2.40. The standard InChI is InChI=1S/C11H17F2NO3/c1-16-10(3-2-4-10)7-14-6-8-5-11(12,13)9(15)17-8/h8,14H,2-7H2,1H3. The first kappa shape index (κ1) is 12.7. The minimum atomic E-state index is -3.32. The fourth-order valence-corrected chi connectivity index (χ4v) is 2.25. The molecule has 1 atom stereocenters. The maximum atomic E-state index is 12.9. The van der Waals surface area contributed by atoms with E-state index >= 15 is 0 Å². The van der Waals surface area contributed by atoms with Gasteiger partial charge in [0, 0.05) is 20.2 Å². The van der Waals surface area contributed by atoms with Gasteiger partial charge in [-0.15, -0.1) is 0 Å². The molecule has 0 aromatic carbocycles. The summed E-state index contributed by atoms with van der Waals surface area (Å²) in [4.78, 5) is 10.8. The Bertz CT molecular complexity index is 300. The maximum absolute atomic E-state index is 12.9. The monoisotopic (exact) mass is 249 g/mol. The number of nitrogens with one attached hydrogen (secondary N) is 1. The van der Waals surface area contributed by atoms with Crippen LogP contribution in [-0.4, -0.2) is 43.8 Å². The van der Waals surface area contributed by atoms with E-state index in [9.17, 15) is 13.6 Å². The van der Waals surface area contributed by atoms with Crippen molar-refractivity contribution in [1.82, 2.24) is 5.32 Å². The number of carbonyl (C=O) groups is 1. The molecule has 2 rings (SSSR count).